The number of ether oxygens (including phenoxy) is 2. The van der Waals surface area contributed by atoms with Crippen LogP contribution in [0.3, 0.4) is 0 Å². The number of amides is 1. The number of nitrogens with zero attached hydrogens (tertiary/aromatic N) is 1. The highest BCUT2D eigenvalue weighted by atomic mass is 16.5. The number of Topliss-reactive ketones (excluding diaryl/α,β-unsaturated/α-hetero) is 1. The number of benzene rings is 3. The average Bonchev–Trinajstić information content (AvgIpc) is 3.45. The topological polar surface area (TPSA) is 91.9 Å². The summed E-state index contributed by atoms with van der Waals surface area (Å²) in [6, 6.07) is 19.6. The second-order valence-corrected chi connectivity index (χ2v) is 9.08. The zero-order chi connectivity index (χ0) is 26.1. The summed E-state index contributed by atoms with van der Waals surface area (Å²) in [6.07, 6.45) is 2.46. The second-order valence-electron chi connectivity index (χ2n) is 9.08. The van der Waals surface area contributed by atoms with Gasteiger partial charge in [-0.2, -0.15) is 0 Å². The van der Waals surface area contributed by atoms with Gasteiger partial charge in [0.25, 0.3) is 11.7 Å². The maximum absolute atomic E-state index is 13.4. The van der Waals surface area contributed by atoms with Gasteiger partial charge in [0.05, 0.1) is 25.8 Å². The molecule has 2 N–H and O–H groups in total. The van der Waals surface area contributed by atoms with Crippen molar-refractivity contribution in [2.45, 2.75) is 19.4 Å². The molecule has 0 spiro atoms. The molecular weight excluding hydrogens is 468 g/mol. The minimum absolute atomic E-state index is 0.0556. The number of ketones is 1. The fourth-order valence-corrected chi connectivity index (χ4v) is 4.93. The lowest BCUT2D eigenvalue weighted by Crippen LogP contribution is -2.31. The summed E-state index contributed by atoms with van der Waals surface area (Å²) in [6.45, 7) is 2.23. The summed E-state index contributed by atoms with van der Waals surface area (Å²) in [7, 11) is 3.07. The van der Waals surface area contributed by atoms with Crippen molar-refractivity contribution in [3.63, 3.8) is 0 Å². The van der Waals surface area contributed by atoms with E-state index in [0.29, 0.717) is 29.0 Å². The van der Waals surface area contributed by atoms with Crippen LogP contribution in [0, 0.1) is 6.92 Å². The number of carbonyl (C=O) groups excluding carboxylic acids is 2. The van der Waals surface area contributed by atoms with Crippen molar-refractivity contribution in [3.05, 3.63) is 101 Å². The first kappa shape index (κ1) is 24.2. The highest BCUT2D eigenvalue weighted by Crippen LogP contribution is 2.42. The largest absolute Gasteiger partial charge is 0.507 e. The van der Waals surface area contributed by atoms with Crippen LogP contribution in [0.2, 0.25) is 0 Å². The zero-order valence-electron chi connectivity index (χ0n) is 20.9. The number of carbonyl (C=O) groups is 2. The Kier molecular flexibility index (Phi) is 6.44. The lowest BCUT2D eigenvalue weighted by Gasteiger charge is -2.26. The van der Waals surface area contributed by atoms with Crippen LogP contribution < -0.4 is 9.47 Å². The molecule has 37 heavy (non-hydrogen) atoms. The van der Waals surface area contributed by atoms with Crippen LogP contribution in [-0.4, -0.2) is 47.4 Å². The van der Waals surface area contributed by atoms with Gasteiger partial charge in [-0.25, -0.2) is 0 Å². The molecule has 4 aromatic rings. The Labute approximate surface area is 214 Å². The highest BCUT2D eigenvalue weighted by Gasteiger charge is 2.46. The highest BCUT2D eigenvalue weighted by molar-refractivity contribution is 6.46. The molecule has 2 heterocycles. The van der Waals surface area contributed by atoms with Gasteiger partial charge in [0, 0.05) is 29.2 Å². The number of nitrogens with one attached hydrogen (secondary N) is 1. The molecule has 1 saturated heterocycles. The third kappa shape index (κ3) is 4.33. The lowest BCUT2D eigenvalue weighted by molar-refractivity contribution is -0.139. The van der Waals surface area contributed by atoms with Crippen molar-refractivity contribution in [3.8, 4) is 11.5 Å². The van der Waals surface area contributed by atoms with Gasteiger partial charge in [-0.05, 0) is 42.7 Å². The van der Waals surface area contributed by atoms with Gasteiger partial charge in [-0.3, -0.25) is 9.59 Å². The number of fused-ring (bicyclic) bond motifs is 1. The summed E-state index contributed by atoms with van der Waals surface area (Å²) >= 11 is 0. The van der Waals surface area contributed by atoms with E-state index in [0.717, 1.165) is 22.0 Å². The van der Waals surface area contributed by atoms with Crippen LogP contribution in [0.1, 0.15) is 28.3 Å². The average molecular weight is 497 g/mol. The van der Waals surface area contributed by atoms with E-state index < -0.39 is 17.7 Å². The third-order valence-electron chi connectivity index (χ3n) is 6.89. The number of para-hydroxylation sites is 1. The molecule has 3 aromatic carbocycles. The number of aliphatic hydroxyl groups excluding tert-OH is 1. The molecule has 0 saturated carbocycles. The van der Waals surface area contributed by atoms with Crippen molar-refractivity contribution >= 4 is 28.4 Å². The molecular formula is C30H28N2O5. The van der Waals surface area contributed by atoms with E-state index in [-0.39, 0.29) is 17.9 Å². The molecule has 1 amide bonds. The van der Waals surface area contributed by atoms with Crippen LogP contribution >= 0.6 is 0 Å². The first-order chi connectivity index (χ1) is 17.9. The number of likely N-dealkylation sites (tertiary alicyclic amines) is 1. The van der Waals surface area contributed by atoms with E-state index in [1.54, 1.807) is 37.4 Å². The van der Waals surface area contributed by atoms with Crippen LogP contribution in [0.5, 0.6) is 11.5 Å². The van der Waals surface area contributed by atoms with Crippen molar-refractivity contribution in [2.75, 3.05) is 20.8 Å². The van der Waals surface area contributed by atoms with Gasteiger partial charge in [-0.15, -0.1) is 0 Å². The van der Waals surface area contributed by atoms with Crippen LogP contribution in [0.15, 0.2) is 78.5 Å². The second kappa shape index (κ2) is 9.85. The van der Waals surface area contributed by atoms with Gasteiger partial charge in [-0.1, -0.05) is 54.1 Å². The number of rotatable bonds is 7. The van der Waals surface area contributed by atoms with E-state index in [4.69, 9.17) is 9.47 Å². The number of aromatic nitrogens is 1. The predicted molar refractivity (Wildman–Crippen MR) is 142 cm³/mol. The fourth-order valence-electron chi connectivity index (χ4n) is 4.93. The van der Waals surface area contributed by atoms with E-state index in [2.05, 4.69) is 4.98 Å². The fraction of sp³-hybridized carbons (Fsp3) is 0.200. The lowest BCUT2D eigenvalue weighted by atomic mass is 9.94. The van der Waals surface area contributed by atoms with Crippen LogP contribution in [0.4, 0.5) is 0 Å². The molecule has 1 aromatic heterocycles. The number of aryl methyl sites for hydroxylation is 1. The van der Waals surface area contributed by atoms with E-state index in [1.165, 1.54) is 12.0 Å². The van der Waals surface area contributed by atoms with Gasteiger partial charge in [0.15, 0.2) is 11.5 Å². The molecule has 0 aliphatic carbocycles. The van der Waals surface area contributed by atoms with E-state index in [9.17, 15) is 14.7 Å². The molecule has 188 valence electrons. The normalized spacial score (nSPS) is 16.9. The van der Waals surface area contributed by atoms with Gasteiger partial charge >= 0.3 is 0 Å². The Morgan fingerprint density at radius 2 is 1.70 bits per heavy atom. The summed E-state index contributed by atoms with van der Waals surface area (Å²) in [4.78, 5) is 31.5. The molecule has 0 radical (unpaired) electrons. The van der Waals surface area contributed by atoms with Crippen molar-refractivity contribution in [1.29, 1.82) is 0 Å². The summed E-state index contributed by atoms with van der Waals surface area (Å²) in [5.74, 6) is -0.559. The van der Waals surface area contributed by atoms with Gasteiger partial charge in [0.2, 0.25) is 0 Å². The molecule has 1 fully saturated rings. The molecule has 1 atom stereocenters. The number of aliphatic hydroxyl groups is 1. The van der Waals surface area contributed by atoms with Crippen molar-refractivity contribution in [1.82, 2.24) is 9.88 Å². The Bertz CT molecular complexity index is 1520. The smallest absolute Gasteiger partial charge is 0.295 e. The standard InChI is InChI=1S/C30H28N2O5/c1-18-8-10-19(11-9-18)28(33)26-27(20-12-13-24(36-2)25(16-20)37-3)32(30(35)29(26)34)15-14-21-17-31-23-7-5-4-6-22(21)23/h4-13,16-17,27,31,33H,14-15H2,1-3H3/b28-26+. The van der Waals surface area contributed by atoms with Gasteiger partial charge < -0.3 is 24.5 Å². The number of hydrogen-bond donors (Lipinski definition) is 2. The summed E-state index contributed by atoms with van der Waals surface area (Å²) in [5, 5.41) is 12.4. The molecule has 7 nitrogen and oxygen atoms in total. The Morgan fingerprint density at radius 3 is 2.43 bits per heavy atom. The summed E-state index contributed by atoms with van der Waals surface area (Å²) < 4.78 is 10.9. The van der Waals surface area contributed by atoms with Crippen LogP contribution in [0.25, 0.3) is 16.7 Å². The minimum atomic E-state index is -0.786. The molecule has 0 bridgehead atoms. The zero-order valence-corrected chi connectivity index (χ0v) is 20.9. The maximum atomic E-state index is 13.4. The van der Waals surface area contributed by atoms with Crippen molar-refractivity contribution in [2.24, 2.45) is 0 Å². The number of methoxy groups -OCH3 is 2. The molecule has 1 aliphatic rings. The molecule has 5 rings (SSSR count). The molecule has 1 aliphatic heterocycles. The van der Waals surface area contributed by atoms with Gasteiger partial charge in [0.1, 0.15) is 5.76 Å². The quantitative estimate of drug-likeness (QED) is 0.210. The minimum Gasteiger partial charge on any atom is -0.507 e. The maximum Gasteiger partial charge on any atom is 0.295 e. The number of H-pyrrole nitrogens is 1. The third-order valence-corrected chi connectivity index (χ3v) is 6.89. The monoisotopic (exact) mass is 496 g/mol. The van der Waals surface area contributed by atoms with Crippen molar-refractivity contribution < 1.29 is 24.2 Å². The van der Waals surface area contributed by atoms with E-state index in [1.807, 2.05) is 49.5 Å². The molecule has 1 unspecified atom stereocenters. The SMILES string of the molecule is COc1ccc(C2/C(=C(\O)c3ccc(C)cc3)C(=O)C(=O)N2CCc2c[nH]c3ccccc23)cc1OC. The number of aromatic amines is 1. The first-order valence-electron chi connectivity index (χ1n) is 12.0. The number of hydrogen-bond acceptors (Lipinski definition) is 5. The first-order valence-corrected chi connectivity index (χ1v) is 12.0. The summed E-state index contributed by atoms with van der Waals surface area (Å²) in [5.41, 5.74) is 4.25. The Hall–Kier alpha value is -4.52. The molecule has 7 heteroatoms. The van der Waals surface area contributed by atoms with Crippen LogP contribution in [-0.2, 0) is 16.0 Å². The van der Waals surface area contributed by atoms with E-state index >= 15 is 0 Å². The predicted octanol–water partition coefficient (Wildman–Crippen LogP) is 5.16. The Morgan fingerprint density at radius 1 is 0.973 bits per heavy atom. The Balaban J connectivity index is 1.60.